The third-order valence-electron chi connectivity index (χ3n) is 2.24. The summed E-state index contributed by atoms with van der Waals surface area (Å²) in [6, 6.07) is 5.54. The normalized spacial score (nSPS) is 16.6. The van der Waals surface area contributed by atoms with E-state index in [1.165, 1.54) is 0 Å². The van der Waals surface area contributed by atoms with E-state index in [4.69, 9.17) is 0 Å². The van der Waals surface area contributed by atoms with Crippen molar-refractivity contribution in [1.29, 1.82) is 0 Å². The molecular formula is C10H11NO2. The van der Waals surface area contributed by atoms with Gasteiger partial charge in [0.2, 0.25) is 5.91 Å². The Labute approximate surface area is 76.4 Å². The Morgan fingerprint density at radius 1 is 1.54 bits per heavy atom. The second kappa shape index (κ2) is 2.85. The fraction of sp³-hybridized carbons (Fsp3) is 0.300. The van der Waals surface area contributed by atoms with E-state index in [1.54, 1.807) is 6.92 Å². The molecule has 0 saturated carbocycles. The molecule has 0 spiro atoms. The number of amides is 1. The highest BCUT2D eigenvalue weighted by Crippen LogP contribution is 2.26. The van der Waals surface area contributed by atoms with Crippen LogP contribution in [0, 0.1) is 0 Å². The molecule has 1 aromatic carbocycles. The molecule has 1 amide bonds. The minimum Gasteiger partial charge on any atom is -0.389 e. The van der Waals surface area contributed by atoms with Crippen LogP contribution in [0.3, 0.4) is 0 Å². The van der Waals surface area contributed by atoms with Crippen molar-refractivity contribution in [1.82, 2.24) is 0 Å². The van der Waals surface area contributed by atoms with Gasteiger partial charge in [0.15, 0.2) is 0 Å². The van der Waals surface area contributed by atoms with Crippen molar-refractivity contribution >= 4 is 11.6 Å². The van der Waals surface area contributed by atoms with Gasteiger partial charge in [0.1, 0.15) is 0 Å². The molecule has 2 rings (SSSR count). The number of anilines is 1. The van der Waals surface area contributed by atoms with Gasteiger partial charge >= 0.3 is 0 Å². The Hall–Kier alpha value is -1.35. The Morgan fingerprint density at radius 2 is 2.31 bits per heavy atom. The lowest BCUT2D eigenvalue weighted by atomic mass is 10.1. The summed E-state index contributed by atoms with van der Waals surface area (Å²) >= 11 is 0. The van der Waals surface area contributed by atoms with Crippen LogP contribution >= 0.6 is 0 Å². The fourth-order valence-electron chi connectivity index (χ4n) is 1.51. The number of hydrogen-bond acceptors (Lipinski definition) is 2. The number of carbonyl (C=O) groups is 1. The molecule has 0 bridgehead atoms. The van der Waals surface area contributed by atoms with Crippen molar-refractivity contribution in [2.24, 2.45) is 0 Å². The zero-order valence-electron chi connectivity index (χ0n) is 7.37. The van der Waals surface area contributed by atoms with E-state index in [-0.39, 0.29) is 5.91 Å². The van der Waals surface area contributed by atoms with E-state index in [9.17, 15) is 9.90 Å². The third-order valence-corrected chi connectivity index (χ3v) is 2.24. The van der Waals surface area contributed by atoms with Gasteiger partial charge in [-0.3, -0.25) is 4.79 Å². The molecule has 68 valence electrons. The summed E-state index contributed by atoms with van der Waals surface area (Å²) in [5, 5.41) is 12.1. The van der Waals surface area contributed by atoms with Gasteiger partial charge in [-0.15, -0.1) is 0 Å². The van der Waals surface area contributed by atoms with Crippen LogP contribution in [0.5, 0.6) is 0 Å². The largest absolute Gasteiger partial charge is 0.389 e. The number of nitrogens with one attached hydrogen (secondary N) is 1. The molecule has 0 radical (unpaired) electrons. The molecule has 1 aliphatic rings. The number of aliphatic hydroxyl groups excluding tert-OH is 1. The number of rotatable bonds is 1. The summed E-state index contributed by atoms with van der Waals surface area (Å²) in [5.41, 5.74) is 2.70. The number of carbonyl (C=O) groups excluding carboxylic acids is 1. The van der Waals surface area contributed by atoms with E-state index < -0.39 is 6.10 Å². The molecule has 0 aliphatic carbocycles. The van der Waals surface area contributed by atoms with Gasteiger partial charge in [0.25, 0.3) is 0 Å². The van der Waals surface area contributed by atoms with Crippen molar-refractivity contribution in [2.75, 3.05) is 5.32 Å². The average Bonchev–Trinajstić information content (AvgIpc) is 2.42. The predicted molar refractivity (Wildman–Crippen MR) is 49.4 cm³/mol. The van der Waals surface area contributed by atoms with Crippen LogP contribution in [0.15, 0.2) is 18.2 Å². The highest BCUT2D eigenvalue weighted by atomic mass is 16.3. The summed E-state index contributed by atoms with van der Waals surface area (Å²) in [5.74, 6) is 0.0257. The second-order valence-corrected chi connectivity index (χ2v) is 3.32. The maximum absolute atomic E-state index is 11.0. The molecule has 1 aliphatic heterocycles. The molecular weight excluding hydrogens is 166 g/mol. The number of benzene rings is 1. The lowest BCUT2D eigenvalue weighted by molar-refractivity contribution is -0.115. The minimum atomic E-state index is -0.471. The first-order chi connectivity index (χ1) is 6.16. The van der Waals surface area contributed by atoms with E-state index in [1.807, 2.05) is 18.2 Å². The molecule has 1 aromatic rings. The first-order valence-electron chi connectivity index (χ1n) is 4.27. The molecule has 3 heteroatoms. The highest BCUT2D eigenvalue weighted by molar-refractivity contribution is 5.99. The molecule has 0 aromatic heterocycles. The predicted octanol–water partition coefficient (Wildman–Crippen LogP) is 1.23. The van der Waals surface area contributed by atoms with Crippen molar-refractivity contribution < 1.29 is 9.90 Å². The Morgan fingerprint density at radius 3 is 3.00 bits per heavy atom. The van der Waals surface area contributed by atoms with E-state index in [2.05, 4.69) is 5.32 Å². The smallest absolute Gasteiger partial charge is 0.228 e. The Kier molecular flexibility index (Phi) is 1.81. The van der Waals surface area contributed by atoms with E-state index in [0.717, 1.165) is 16.8 Å². The highest BCUT2D eigenvalue weighted by Gasteiger charge is 2.17. The molecule has 3 nitrogen and oxygen atoms in total. The lowest BCUT2D eigenvalue weighted by Crippen LogP contribution is -2.03. The number of hydrogen-bond donors (Lipinski definition) is 2. The zero-order valence-corrected chi connectivity index (χ0v) is 7.37. The van der Waals surface area contributed by atoms with Gasteiger partial charge in [-0.05, 0) is 24.1 Å². The zero-order chi connectivity index (χ0) is 9.42. The standard InChI is InChI=1S/C10H11NO2/c1-6(12)7-2-3-9-8(4-7)5-10(13)11-9/h2-4,6,12H,5H2,1H3,(H,11,13)/t6-/m1/s1. The summed E-state index contributed by atoms with van der Waals surface area (Å²) in [6.07, 6.45) is -0.0448. The molecule has 0 fully saturated rings. The molecule has 1 atom stereocenters. The topological polar surface area (TPSA) is 49.3 Å². The lowest BCUT2D eigenvalue weighted by Gasteiger charge is -2.05. The molecule has 13 heavy (non-hydrogen) atoms. The first-order valence-corrected chi connectivity index (χ1v) is 4.27. The SMILES string of the molecule is C[C@@H](O)c1ccc2c(c1)CC(=O)N2. The van der Waals surface area contributed by atoms with Gasteiger partial charge in [0.05, 0.1) is 12.5 Å². The number of aliphatic hydroxyl groups is 1. The quantitative estimate of drug-likeness (QED) is 0.678. The first kappa shape index (κ1) is 8.26. The van der Waals surface area contributed by atoms with Crippen molar-refractivity contribution in [3.8, 4) is 0 Å². The van der Waals surface area contributed by atoms with Gasteiger partial charge < -0.3 is 10.4 Å². The molecule has 0 unspecified atom stereocenters. The Bertz CT molecular complexity index is 358. The summed E-state index contributed by atoms with van der Waals surface area (Å²) in [7, 11) is 0. The maximum atomic E-state index is 11.0. The van der Waals surface area contributed by atoms with Crippen LogP contribution in [0.4, 0.5) is 5.69 Å². The van der Waals surface area contributed by atoms with Crippen LogP contribution < -0.4 is 5.32 Å². The Balaban J connectivity index is 2.40. The molecule has 1 heterocycles. The van der Waals surface area contributed by atoms with Gasteiger partial charge in [-0.25, -0.2) is 0 Å². The average molecular weight is 177 g/mol. The van der Waals surface area contributed by atoms with Gasteiger partial charge in [-0.1, -0.05) is 12.1 Å². The van der Waals surface area contributed by atoms with Crippen molar-refractivity contribution in [3.05, 3.63) is 29.3 Å². The maximum Gasteiger partial charge on any atom is 0.228 e. The molecule has 0 saturated heterocycles. The summed E-state index contributed by atoms with van der Waals surface area (Å²) in [4.78, 5) is 11.0. The van der Waals surface area contributed by atoms with Crippen LogP contribution in [0.25, 0.3) is 0 Å². The van der Waals surface area contributed by atoms with Crippen LogP contribution in [0.2, 0.25) is 0 Å². The van der Waals surface area contributed by atoms with Gasteiger partial charge in [0, 0.05) is 5.69 Å². The second-order valence-electron chi connectivity index (χ2n) is 3.32. The molecule has 2 N–H and O–H groups in total. The summed E-state index contributed by atoms with van der Waals surface area (Å²) < 4.78 is 0. The van der Waals surface area contributed by atoms with Gasteiger partial charge in [-0.2, -0.15) is 0 Å². The van der Waals surface area contributed by atoms with E-state index >= 15 is 0 Å². The van der Waals surface area contributed by atoms with Crippen LogP contribution in [-0.4, -0.2) is 11.0 Å². The van der Waals surface area contributed by atoms with Crippen LogP contribution in [-0.2, 0) is 11.2 Å². The van der Waals surface area contributed by atoms with Crippen molar-refractivity contribution in [3.63, 3.8) is 0 Å². The monoisotopic (exact) mass is 177 g/mol. The summed E-state index contributed by atoms with van der Waals surface area (Å²) in [6.45, 7) is 1.71. The fourth-order valence-corrected chi connectivity index (χ4v) is 1.51. The third kappa shape index (κ3) is 1.42. The number of fused-ring (bicyclic) bond motifs is 1. The van der Waals surface area contributed by atoms with Crippen molar-refractivity contribution in [2.45, 2.75) is 19.4 Å². The van der Waals surface area contributed by atoms with Crippen LogP contribution in [0.1, 0.15) is 24.2 Å². The minimum absolute atomic E-state index is 0.0257. The van der Waals surface area contributed by atoms with E-state index in [0.29, 0.717) is 6.42 Å².